The Hall–Kier alpha value is -1.30. The highest BCUT2D eigenvalue weighted by molar-refractivity contribution is 5.80. The van der Waals surface area contributed by atoms with E-state index in [-0.39, 0.29) is 18.6 Å². The minimum absolute atomic E-state index is 0.216. The monoisotopic (exact) mass is 340 g/mol. The molecule has 1 amide bonds. The lowest BCUT2D eigenvalue weighted by molar-refractivity contribution is -0.129. The Bertz CT molecular complexity index is 398. The van der Waals surface area contributed by atoms with Crippen LogP contribution in [0.25, 0.3) is 0 Å². The lowest BCUT2D eigenvalue weighted by Crippen LogP contribution is -2.45. The highest BCUT2D eigenvalue weighted by Gasteiger charge is 2.25. The lowest BCUT2D eigenvalue weighted by Gasteiger charge is -2.20. The van der Waals surface area contributed by atoms with Gasteiger partial charge in [0.05, 0.1) is 0 Å². The molecule has 1 aliphatic rings. The molecule has 0 radical (unpaired) electrons. The summed E-state index contributed by atoms with van der Waals surface area (Å²) < 4.78 is 0. The SMILES string of the molecule is CCNC(=NCC(CCO)CC(C)C)NC1CCN(C(=O)CC)C1. The number of aliphatic hydroxyl groups excluding tert-OH is 1. The molecule has 1 aliphatic heterocycles. The van der Waals surface area contributed by atoms with E-state index >= 15 is 0 Å². The molecule has 0 aromatic rings. The van der Waals surface area contributed by atoms with Gasteiger partial charge in [0.15, 0.2) is 5.96 Å². The van der Waals surface area contributed by atoms with Crippen molar-refractivity contribution in [2.24, 2.45) is 16.8 Å². The first-order valence-electron chi connectivity index (χ1n) is 9.43. The minimum Gasteiger partial charge on any atom is -0.396 e. The number of likely N-dealkylation sites (tertiary alicyclic amines) is 1. The van der Waals surface area contributed by atoms with Gasteiger partial charge in [0, 0.05) is 45.2 Å². The van der Waals surface area contributed by atoms with Crippen LogP contribution in [0.1, 0.15) is 53.4 Å². The molecular weight excluding hydrogens is 304 g/mol. The van der Waals surface area contributed by atoms with E-state index < -0.39 is 0 Å². The van der Waals surface area contributed by atoms with Gasteiger partial charge in [0.2, 0.25) is 5.91 Å². The Kier molecular flexibility index (Phi) is 9.76. The predicted molar refractivity (Wildman–Crippen MR) is 99.0 cm³/mol. The van der Waals surface area contributed by atoms with Gasteiger partial charge in [0.1, 0.15) is 0 Å². The Morgan fingerprint density at radius 2 is 2.12 bits per heavy atom. The summed E-state index contributed by atoms with van der Waals surface area (Å²) in [6.07, 6.45) is 3.40. The van der Waals surface area contributed by atoms with Crippen LogP contribution in [0.3, 0.4) is 0 Å². The van der Waals surface area contributed by atoms with Crippen LogP contribution >= 0.6 is 0 Å². The van der Waals surface area contributed by atoms with Gasteiger partial charge in [-0.05, 0) is 38.0 Å². The maximum absolute atomic E-state index is 11.8. The Labute approximate surface area is 147 Å². The summed E-state index contributed by atoms with van der Waals surface area (Å²) in [5.41, 5.74) is 0. The first-order valence-corrected chi connectivity index (χ1v) is 9.43. The van der Waals surface area contributed by atoms with E-state index in [0.717, 1.165) is 51.4 Å². The second-order valence-corrected chi connectivity index (χ2v) is 7.05. The number of hydrogen-bond acceptors (Lipinski definition) is 3. The number of rotatable bonds is 9. The molecule has 0 aromatic carbocycles. The quantitative estimate of drug-likeness (QED) is 0.440. The van der Waals surface area contributed by atoms with Gasteiger partial charge in [0.25, 0.3) is 0 Å². The molecule has 1 rings (SSSR count). The van der Waals surface area contributed by atoms with Crippen LogP contribution in [0.15, 0.2) is 4.99 Å². The van der Waals surface area contributed by atoms with E-state index in [9.17, 15) is 9.90 Å². The van der Waals surface area contributed by atoms with Crippen LogP contribution in [0, 0.1) is 11.8 Å². The largest absolute Gasteiger partial charge is 0.396 e. The average molecular weight is 341 g/mol. The summed E-state index contributed by atoms with van der Waals surface area (Å²) in [6, 6.07) is 0.264. The van der Waals surface area contributed by atoms with Crippen molar-refractivity contribution in [3.63, 3.8) is 0 Å². The van der Waals surface area contributed by atoms with E-state index in [0.29, 0.717) is 18.3 Å². The number of nitrogens with zero attached hydrogens (tertiary/aromatic N) is 2. The standard InChI is InChI=1S/C18H36N4O2/c1-5-17(24)22-9-7-16(13-22)21-18(19-6-2)20-12-15(8-10-23)11-14(3)4/h14-16,23H,5-13H2,1-4H3,(H2,19,20,21). The summed E-state index contributed by atoms with van der Waals surface area (Å²) in [4.78, 5) is 18.4. The molecule has 0 aliphatic carbocycles. The van der Waals surface area contributed by atoms with Crippen molar-refractivity contribution in [3.05, 3.63) is 0 Å². The van der Waals surface area contributed by atoms with Gasteiger partial charge >= 0.3 is 0 Å². The maximum Gasteiger partial charge on any atom is 0.222 e. The Morgan fingerprint density at radius 1 is 1.38 bits per heavy atom. The molecule has 1 fully saturated rings. The third kappa shape index (κ3) is 7.51. The number of amides is 1. The molecule has 3 N–H and O–H groups in total. The number of carbonyl (C=O) groups excluding carboxylic acids is 1. The Balaban J connectivity index is 2.57. The van der Waals surface area contributed by atoms with Crippen LogP contribution in [0.2, 0.25) is 0 Å². The molecule has 2 unspecified atom stereocenters. The van der Waals surface area contributed by atoms with Crippen molar-refractivity contribution in [1.82, 2.24) is 15.5 Å². The third-order valence-electron chi connectivity index (χ3n) is 4.38. The first-order chi connectivity index (χ1) is 11.5. The number of aliphatic hydroxyl groups is 1. The molecule has 2 atom stereocenters. The van der Waals surface area contributed by atoms with Crippen LogP contribution in [0.5, 0.6) is 0 Å². The van der Waals surface area contributed by atoms with Crippen LogP contribution < -0.4 is 10.6 Å². The average Bonchev–Trinajstić information content (AvgIpc) is 3.00. The number of hydrogen-bond donors (Lipinski definition) is 3. The number of carbonyl (C=O) groups is 1. The van der Waals surface area contributed by atoms with Crippen LogP contribution in [0.4, 0.5) is 0 Å². The minimum atomic E-state index is 0.216. The van der Waals surface area contributed by atoms with E-state index in [1.165, 1.54) is 0 Å². The highest BCUT2D eigenvalue weighted by Crippen LogP contribution is 2.16. The van der Waals surface area contributed by atoms with Crippen LogP contribution in [-0.4, -0.2) is 60.7 Å². The van der Waals surface area contributed by atoms with Crippen molar-refractivity contribution in [2.75, 3.05) is 32.8 Å². The predicted octanol–water partition coefficient (Wildman–Crippen LogP) is 1.60. The number of nitrogens with one attached hydrogen (secondary N) is 2. The van der Waals surface area contributed by atoms with Gasteiger partial charge < -0.3 is 20.6 Å². The van der Waals surface area contributed by atoms with Crippen molar-refractivity contribution in [3.8, 4) is 0 Å². The van der Waals surface area contributed by atoms with Crippen molar-refractivity contribution >= 4 is 11.9 Å². The fourth-order valence-corrected chi connectivity index (χ4v) is 3.19. The third-order valence-corrected chi connectivity index (χ3v) is 4.38. The summed E-state index contributed by atoms with van der Waals surface area (Å²) in [5.74, 6) is 2.06. The second-order valence-electron chi connectivity index (χ2n) is 7.05. The fraction of sp³-hybridized carbons (Fsp3) is 0.889. The maximum atomic E-state index is 11.8. The number of aliphatic imine (C=N–C) groups is 1. The molecule has 6 nitrogen and oxygen atoms in total. The van der Waals surface area contributed by atoms with Gasteiger partial charge in [-0.1, -0.05) is 20.8 Å². The molecule has 6 heteroatoms. The van der Waals surface area contributed by atoms with Gasteiger partial charge in [-0.15, -0.1) is 0 Å². The fourth-order valence-electron chi connectivity index (χ4n) is 3.19. The molecule has 1 heterocycles. The second kappa shape index (κ2) is 11.3. The number of guanidine groups is 1. The van der Waals surface area contributed by atoms with Crippen molar-refractivity contribution < 1.29 is 9.90 Å². The molecule has 0 bridgehead atoms. The topological polar surface area (TPSA) is 77.0 Å². The zero-order valence-corrected chi connectivity index (χ0v) is 15.8. The summed E-state index contributed by atoms with van der Waals surface area (Å²) in [7, 11) is 0. The van der Waals surface area contributed by atoms with Crippen molar-refractivity contribution in [2.45, 2.75) is 59.4 Å². The van der Waals surface area contributed by atoms with Crippen molar-refractivity contribution in [1.29, 1.82) is 0 Å². The molecule has 140 valence electrons. The molecule has 1 saturated heterocycles. The first kappa shape index (κ1) is 20.7. The molecule has 24 heavy (non-hydrogen) atoms. The van der Waals surface area contributed by atoms with E-state index in [1.54, 1.807) is 0 Å². The molecule has 0 aromatic heterocycles. The van der Waals surface area contributed by atoms with Gasteiger partial charge in [-0.2, -0.15) is 0 Å². The summed E-state index contributed by atoms with van der Waals surface area (Å²) >= 11 is 0. The molecule has 0 saturated carbocycles. The highest BCUT2D eigenvalue weighted by atomic mass is 16.3. The zero-order valence-electron chi connectivity index (χ0n) is 15.8. The van der Waals surface area contributed by atoms with E-state index in [4.69, 9.17) is 4.99 Å². The van der Waals surface area contributed by atoms with Crippen LogP contribution in [-0.2, 0) is 4.79 Å². The van der Waals surface area contributed by atoms with Gasteiger partial charge in [-0.25, -0.2) is 0 Å². The summed E-state index contributed by atoms with van der Waals surface area (Å²) in [5, 5.41) is 16.0. The van der Waals surface area contributed by atoms with E-state index in [2.05, 4.69) is 31.4 Å². The summed E-state index contributed by atoms with van der Waals surface area (Å²) in [6.45, 7) is 11.7. The van der Waals surface area contributed by atoms with E-state index in [1.807, 2.05) is 11.8 Å². The van der Waals surface area contributed by atoms with Gasteiger partial charge in [-0.3, -0.25) is 9.79 Å². The normalized spacial score (nSPS) is 19.7. The molecular formula is C18H36N4O2. The smallest absolute Gasteiger partial charge is 0.222 e. The Morgan fingerprint density at radius 3 is 2.71 bits per heavy atom. The zero-order chi connectivity index (χ0) is 17.9. The molecule has 0 spiro atoms. The lowest BCUT2D eigenvalue weighted by atomic mass is 9.94.